The Morgan fingerprint density at radius 3 is 2.83 bits per heavy atom. The third-order valence-electron chi connectivity index (χ3n) is 3.63. The Labute approximate surface area is 139 Å². The quantitative estimate of drug-likeness (QED) is 0.579. The van der Waals surface area contributed by atoms with Crippen molar-refractivity contribution < 1.29 is 29.3 Å². The number of amides is 1. The summed E-state index contributed by atoms with van der Waals surface area (Å²) in [5.74, 6) is -0.936. The second kappa shape index (κ2) is 8.62. The van der Waals surface area contributed by atoms with Crippen molar-refractivity contribution in [3.8, 4) is 5.75 Å². The fourth-order valence-corrected chi connectivity index (χ4v) is 2.42. The van der Waals surface area contributed by atoms with Crippen molar-refractivity contribution in [3.63, 3.8) is 0 Å². The molecule has 0 spiro atoms. The molecule has 24 heavy (non-hydrogen) atoms. The first-order chi connectivity index (χ1) is 11.5. The molecule has 1 heterocycles. The fourth-order valence-electron chi connectivity index (χ4n) is 2.42. The molecule has 2 atom stereocenters. The molecule has 0 bridgehead atoms. The molecule has 0 radical (unpaired) electrons. The third kappa shape index (κ3) is 4.92. The summed E-state index contributed by atoms with van der Waals surface area (Å²) in [6.07, 6.45) is 0.232. The fraction of sp³-hybridized carbons (Fsp3) is 0.500. The number of aliphatic hydroxyl groups excluding tert-OH is 1. The van der Waals surface area contributed by atoms with Crippen LogP contribution in [0.1, 0.15) is 31.2 Å². The van der Waals surface area contributed by atoms with E-state index in [1.807, 2.05) is 0 Å². The highest BCUT2D eigenvalue weighted by Gasteiger charge is 2.29. The van der Waals surface area contributed by atoms with Crippen LogP contribution in [-0.4, -0.2) is 41.0 Å². The largest absolute Gasteiger partial charge is 0.479 e. The lowest BCUT2D eigenvalue weighted by Crippen LogP contribution is -2.36. The Morgan fingerprint density at radius 1 is 1.38 bits per heavy atom. The predicted molar refractivity (Wildman–Crippen MR) is 85.4 cm³/mol. The maximum absolute atomic E-state index is 11.8. The smallest absolute Gasteiger partial charge is 0.332 e. The Morgan fingerprint density at radius 2 is 2.17 bits per heavy atom. The number of nitrogens with one attached hydrogen (secondary N) is 1. The summed E-state index contributed by atoms with van der Waals surface area (Å²) in [4.78, 5) is 22.8. The van der Waals surface area contributed by atoms with E-state index in [2.05, 4.69) is 5.32 Å². The predicted octanol–water partition coefficient (Wildman–Crippen LogP) is 0.825. The van der Waals surface area contributed by atoms with Gasteiger partial charge in [0.15, 0.2) is 6.10 Å². The van der Waals surface area contributed by atoms with E-state index in [0.717, 1.165) is 0 Å². The van der Waals surface area contributed by atoms with Crippen molar-refractivity contribution >= 4 is 17.6 Å². The highest BCUT2D eigenvalue weighted by Crippen LogP contribution is 2.30. The summed E-state index contributed by atoms with van der Waals surface area (Å²) in [6.45, 7) is 0.0365. The molecule has 1 fully saturated rings. The number of benzene rings is 1. The molecule has 0 aromatic heterocycles. The van der Waals surface area contributed by atoms with Gasteiger partial charge in [0.25, 0.3) is 0 Å². The topological polar surface area (TPSA) is 131 Å². The number of aliphatic hydroxyl groups is 1. The average molecular weight is 338 g/mol. The zero-order valence-electron chi connectivity index (χ0n) is 13.2. The van der Waals surface area contributed by atoms with Crippen LogP contribution in [0.5, 0.6) is 5.75 Å². The Kier molecular flexibility index (Phi) is 6.53. The average Bonchev–Trinajstić information content (AvgIpc) is 2.57. The first-order valence-corrected chi connectivity index (χ1v) is 7.82. The van der Waals surface area contributed by atoms with Gasteiger partial charge in [-0.15, -0.1) is 0 Å². The molecule has 0 saturated carbocycles. The minimum Gasteiger partial charge on any atom is -0.479 e. The van der Waals surface area contributed by atoms with Gasteiger partial charge in [0, 0.05) is 19.4 Å². The Balaban J connectivity index is 2.13. The zero-order chi connectivity index (χ0) is 17.5. The van der Waals surface area contributed by atoms with Crippen LogP contribution >= 0.6 is 0 Å². The molecule has 132 valence electrons. The van der Waals surface area contributed by atoms with Gasteiger partial charge in [-0.2, -0.15) is 0 Å². The van der Waals surface area contributed by atoms with E-state index in [9.17, 15) is 14.7 Å². The molecule has 2 unspecified atom stereocenters. The van der Waals surface area contributed by atoms with Crippen LogP contribution in [0, 0.1) is 0 Å². The van der Waals surface area contributed by atoms with Crippen molar-refractivity contribution in [2.75, 3.05) is 11.9 Å². The van der Waals surface area contributed by atoms with Crippen molar-refractivity contribution in [2.45, 2.75) is 44.7 Å². The molecular formula is C16H22N2O6. The number of carbonyl (C=O) groups is 2. The summed E-state index contributed by atoms with van der Waals surface area (Å²) in [5.41, 5.74) is 6.36. The summed E-state index contributed by atoms with van der Waals surface area (Å²) in [6, 6.07) is 4.87. The number of ether oxygens (including phenoxy) is 2. The number of hydrogen-bond acceptors (Lipinski definition) is 6. The molecular weight excluding hydrogens is 316 g/mol. The Bertz CT molecular complexity index is 592. The van der Waals surface area contributed by atoms with Crippen LogP contribution in [-0.2, 0) is 20.9 Å². The van der Waals surface area contributed by atoms with Gasteiger partial charge in [-0.1, -0.05) is 6.07 Å². The summed E-state index contributed by atoms with van der Waals surface area (Å²) in [7, 11) is 0. The molecule has 1 aromatic carbocycles. The Hall–Kier alpha value is -2.16. The van der Waals surface area contributed by atoms with Crippen molar-refractivity contribution in [2.24, 2.45) is 5.73 Å². The summed E-state index contributed by atoms with van der Waals surface area (Å²) >= 11 is 0. The van der Waals surface area contributed by atoms with E-state index in [-0.39, 0.29) is 25.5 Å². The molecule has 2 rings (SSSR count). The SMILES string of the molecule is NCCC(=O)Nc1cc(CO)ccc1OC1CCCC(C(=O)O)O1. The van der Waals surface area contributed by atoms with Crippen LogP contribution in [0.3, 0.4) is 0 Å². The van der Waals surface area contributed by atoms with Gasteiger partial charge < -0.3 is 30.7 Å². The van der Waals surface area contributed by atoms with E-state index in [1.54, 1.807) is 18.2 Å². The van der Waals surface area contributed by atoms with Gasteiger partial charge in [0.1, 0.15) is 5.75 Å². The molecule has 0 aliphatic carbocycles. The van der Waals surface area contributed by atoms with Crippen molar-refractivity contribution in [1.29, 1.82) is 0 Å². The minimum atomic E-state index is -1.02. The first-order valence-electron chi connectivity index (χ1n) is 7.82. The van der Waals surface area contributed by atoms with Gasteiger partial charge in [0.05, 0.1) is 12.3 Å². The van der Waals surface area contributed by atoms with Crippen LogP contribution in [0.15, 0.2) is 18.2 Å². The number of carbonyl (C=O) groups excluding carboxylic acids is 1. The molecule has 1 amide bonds. The third-order valence-corrected chi connectivity index (χ3v) is 3.63. The van der Waals surface area contributed by atoms with Crippen LogP contribution in [0.25, 0.3) is 0 Å². The molecule has 1 saturated heterocycles. The van der Waals surface area contributed by atoms with E-state index in [4.69, 9.17) is 20.3 Å². The molecule has 5 N–H and O–H groups in total. The summed E-state index contributed by atoms with van der Waals surface area (Å²) < 4.78 is 11.1. The van der Waals surface area contributed by atoms with Crippen molar-refractivity contribution in [3.05, 3.63) is 23.8 Å². The maximum atomic E-state index is 11.8. The van der Waals surface area contributed by atoms with E-state index in [1.165, 1.54) is 0 Å². The number of carboxylic acids is 1. The van der Waals surface area contributed by atoms with E-state index >= 15 is 0 Å². The minimum absolute atomic E-state index is 0.157. The van der Waals surface area contributed by atoms with Crippen LogP contribution < -0.4 is 15.8 Å². The number of aliphatic carboxylic acids is 1. The number of carboxylic acid groups (broad SMARTS) is 1. The monoisotopic (exact) mass is 338 g/mol. The molecule has 1 aliphatic heterocycles. The second-order valence-electron chi connectivity index (χ2n) is 5.52. The lowest BCUT2D eigenvalue weighted by atomic mass is 10.1. The van der Waals surface area contributed by atoms with E-state index in [0.29, 0.717) is 36.3 Å². The highest BCUT2D eigenvalue weighted by atomic mass is 16.7. The number of anilines is 1. The molecule has 8 nitrogen and oxygen atoms in total. The van der Waals surface area contributed by atoms with Gasteiger partial charge in [-0.05, 0) is 30.5 Å². The normalized spacial score (nSPS) is 20.4. The van der Waals surface area contributed by atoms with Crippen LogP contribution in [0.4, 0.5) is 5.69 Å². The van der Waals surface area contributed by atoms with Gasteiger partial charge >= 0.3 is 5.97 Å². The number of nitrogens with two attached hydrogens (primary N) is 1. The maximum Gasteiger partial charge on any atom is 0.332 e. The molecule has 1 aliphatic rings. The van der Waals surface area contributed by atoms with Crippen LogP contribution in [0.2, 0.25) is 0 Å². The zero-order valence-corrected chi connectivity index (χ0v) is 13.2. The number of hydrogen-bond donors (Lipinski definition) is 4. The van der Waals surface area contributed by atoms with Gasteiger partial charge in [-0.25, -0.2) is 4.79 Å². The van der Waals surface area contributed by atoms with Crippen molar-refractivity contribution in [1.82, 2.24) is 0 Å². The molecule has 8 heteroatoms. The highest BCUT2D eigenvalue weighted by molar-refractivity contribution is 5.92. The number of rotatable bonds is 7. The second-order valence-corrected chi connectivity index (χ2v) is 5.52. The van der Waals surface area contributed by atoms with Gasteiger partial charge in [0.2, 0.25) is 12.2 Å². The lowest BCUT2D eigenvalue weighted by Gasteiger charge is -2.28. The molecule has 1 aromatic rings. The first kappa shape index (κ1) is 18.2. The van der Waals surface area contributed by atoms with E-state index < -0.39 is 18.4 Å². The standard InChI is InChI=1S/C16H22N2O6/c17-7-6-14(20)18-11-8-10(9-19)4-5-12(11)23-15-3-1-2-13(24-15)16(21)22/h4-5,8,13,15,19H,1-3,6-7,9,17H2,(H,18,20)(H,21,22). The lowest BCUT2D eigenvalue weighted by molar-refractivity contribution is -0.180. The summed E-state index contributed by atoms with van der Waals surface area (Å²) in [5, 5.41) is 21.0. The van der Waals surface area contributed by atoms with Gasteiger partial charge in [-0.3, -0.25) is 4.79 Å².